The van der Waals surface area contributed by atoms with Crippen molar-refractivity contribution in [2.45, 2.75) is 116 Å². The van der Waals surface area contributed by atoms with E-state index in [2.05, 4.69) is 35.8 Å². The zero-order valence-corrected chi connectivity index (χ0v) is 34.5. The van der Waals surface area contributed by atoms with Crippen LogP contribution in [0.4, 0.5) is 0 Å². The Morgan fingerprint density at radius 2 is 1.11 bits per heavy atom. The van der Waals surface area contributed by atoms with Gasteiger partial charge in [0, 0.05) is 38.1 Å². The van der Waals surface area contributed by atoms with Crippen LogP contribution in [0.2, 0.25) is 0 Å². The molecule has 0 unspecified atom stereocenters. The predicted molar refractivity (Wildman–Crippen MR) is 205 cm³/mol. The first-order valence-corrected chi connectivity index (χ1v) is 19.2. The van der Waals surface area contributed by atoms with Crippen molar-refractivity contribution in [1.29, 1.82) is 0 Å². The fraction of sp³-hybridized carbons (Fsp3) is 0.478. The van der Waals surface area contributed by atoms with Crippen LogP contribution in [-0.2, 0) is 19.2 Å². The number of rotatable bonds is 12. The molecule has 0 radical (unpaired) electrons. The Kier molecular flexibility index (Phi) is 16.4. The number of carboxylic acid groups (broad SMARTS) is 2. The maximum atomic E-state index is 11.7. The molecular formula is C46H51NaO8. The first-order valence-electron chi connectivity index (χ1n) is 19.2. The minimum Gasteiger partial charge on any atom is -0.550 e. The zero-order valence-electron chi connectivity index (χ0n) is 32.5. The summed E-state index contributed by atoms with van der Waals surface area (Å²) in [4.78, 5) is 45.3. The van der Waals surface area contributed by atoms with E-state index in [4.69, 9.17) is 14.6 Å². The second-order valence-corrected chi connectivity index (χ2v) is 15.3. The smallest absolute Gasteiger partial charge is 0.550 e. The van der Waals surface area contributed by atoms with Gasteiger partial charge >= 0.3 is 35.5 Å². The van der Waals surface area contributed by atoms with E-state index in [-0.39, 0.29) is 65.1 Å². The molecule has 4 atom stereocenters. The van der Waals surface area contributed by atoms with Crippen molar-refractivity contribution in [2.75, 3.05) is 13.2 Å². The van der Waals surface area contributed by atoms with E-state index >= 15 is 0 Å². The van der Waals surface area contributed by atoms with Crippen molar-refractivity contribution in [3.63, 3.8) is 0 Å². The minimum atomic E-state index is -1.10. The molecule has 2 aromatic carbocycles. The predicted octanol–water partition coefficient (Wildman–Crippen LogP) is 4.66. The van der Waals surface area contributed by atoms with Gasteiger partial charge in [-0.3, -0.25) is 14.4 Å². The standard InChI is InChI=1S/2C23H26O4.Na/c2*1-2-4-19(13-22(25)26)18-6-8-21(9-7-18)27-16-17-5-3-11-23(14-17)12-10-20(24)15-23;/h2*6-9,14,19H,3,5,10-13,15-16H2,1H3,(H,25,26);/q;;+1/p-1/t2*19-,23+;/m00./s1. The fourth-order valence-corrected chi connectivity index (χ4v) is 8.45. The number of ether oxygens (including phenoxy) is 2. The van der Waals surface area contributed by atoms with Gasteiger partial charge in [-0.2, -0.15) is 0 Å². The molecule has 2 saturated carbocycles. The molecule has 2 spiro atoms. The molecule has 4 aliphatic rings. The maximum absolute atomic E-state index is 11.7. The largest absolute Gasteiger partial charge is 1.00 e. The first kappa shape index (κ1) is 43.6. The second-order valence-electron chi connectivity index (χ2n) is 15.3. The Bertz CT molecular complexity index is 1730. The summed E-state index contributed by atoms with van der Waals surface area (Å²) in [7, 11) is 0. The molecule has 284 valence electrons. The van der Waals surface area contributed by atoms with Crippen LogP contribution in [0, 0.1) is 34.5 Å². The molecule has 0 heterocycles. The van der Waals surface area contributed by atoms with E-state index in [0.717, 1.165) is 74.0 Å². The van der Waals surface area contributed by atoms with Crippen molar-refractivity contribution in [3.05, 3.63) is 83.0 Å². The number of hydrogen-bond donors (Lipinski definition) is 1. The van der Waals surface area contributed by atoms with Crippen LogP contribution >= 0.6 is 0 Å². The van der Waals surface area contributed by atoms with Gasteiger partial charge in [0.15, 0.2) is 0 Å². The summed E-state index contributed by atoms with van der Waals surface area (Å²) in [6.07, 6.45) is 15.7. The second kappa shape index (κ2) is 20.7. The molecule has 2 aromatic rings. The van der Waals surface area contributed by atoms with E-state index in [1.165, 1.54) is 11.1 Å². The average molecular weight is 755 g/mol. The molecule has 0 bridgehead atoms. The number of carbonyl (C=O) groups excluding carboxylic acids is 3. The van der Waals surface area contributed by atoms with Crippen molar-refractivity contribution in [2.24, 2.45) is 10.8 Å². The fourth-order valence-electron chi connectivity index (χ4n) is 8.45. The molecule has 0 amide bonds. The van der Waals surface area contributed by atoms with E-state index in [0.29, 0.717) is 50.5 Å². The normalized spacial score (nSPS) is 22.3. The number of hydrogen-bond acceptors (Lipinski definition) is 7. The van der Waals surface area contributed by atoms with Gasteiger partial charge in [-0.1, -0.05) is 48.3 Å². The van der Waals surface area contributed by atoms with Crippen molar-refractivity contribution < 1.29 is 68.4 Å². The summed E-state index contributed by atoms with van der Waals surface area (Å²) in [6.45, 7) is 4.49. The molecule has 0 saturated heterocycles. The molecule has 1 N–H and O–H groups in total. The molecule has 0 aromatic heterocycles. The number of benzene rings is 2. The summed E-state index contributed by atoms with van der Waals surface area (Å²) < 4.78 is 11.9. The number of ketones is 2. The van der Waals surface area contributed by atoms with E-state index in [1.807, 2.05) is 48.5 Å². The Hall–Kier alpha value is -4.08. The van der Waals surface area contributed by atoms with Crippen LogP contribution < -0.4 is 44.1 Å². The van der Waals surface area contributed by atoms with Gasteiger partial charge < -0.3 is 24.5 Å². The number of allylic oxidation sites excluding steroid dienone is 2. The third-order valence-corrected chi connectivity index (χ3v) is 11.1. The molecule has 2 fully saturated rings. The van der Waals surface area contributed by atoms with Gasteiger partial charge in [0.1, 0.15) is 36.3 Å². The Balaban J connectivity index is 0.000000240. The molecule has 6 rings (SSSR count). The summed E-state index contributed by atoms with van der Waals surface area (Å²) in [6, 6.07) is 15.0. The molecule has 4 aliphatic carbocycles. The van der Waals surface area contributed by atoms with Crippen LogP contribution in [0.5, 0.6) is 11.5 Å². The van der Waals surface area contributed by atoms with Gasteiger partial charge in [0.25, 0.3) is 0 Å². The van der Waals surface area contributed by atoms with Gasteiger partial charge in [-0.25, -0.2) is 0 Å². The van der Waals surface area contributed by atoms with Crippen LogP contribution in [0.1, 0.15) is 127 Å². The van der Waals surface area contributed by atoms with Crippen LogP contribution in [-0.4, -0.2) is 41.8 Å². The summed E-state index contributed by atoms with van der Waals surface area (Å²) in [5.74, 6) is 11.1. The molecule has 0 aliphatic heterocycles. The van der Waals surface area contributed by atoms with Gasteiger partial charge in [0.05, 0.1) is 18.3 Å². The number of carbonyl (C=O) groups is 4. The van der Waals surface area contributed by atoms with E-state index < -0.39 is 11.9 Å². The topological polar surface area (TPSA) is 130 Å². The van der Waals surface area contributed by atoms with Gasteiger partial charge in [0.2, 0.25) is 0 Å². The van der Waals surface area contributed by atoms with Crippen molar-refractivity contribution in [3.8, 4) is 35.2 Å². The van der Waals surface area contributed by atoms with Gasteiger partial charge in [-0.05, 0) is 123 Å². The van der Waals surface area contributed by atoms with Crippen LogP contribution in [0.3, 0.4) is 0 Å². The van der Waals surface area contributed by atoms with Crippen LogP contribution in [0.25, 0.3) is 0 Å². The number of aliphatic carboxylic acids is 2. The van der Waals surface area contributed by atoms with E-state index in [1.54, 1.807) is 13.8 Å². The molecule has 9 heteroatoms. The quantitative estimate of drug-likeness (QED) is 0.188. The first-order chi connectivity index (χ1) is 26.0. The summed E-state index contributed by atoms with van der Waals surface area (Å²) in [5.41, 5.74) is 4.45. The Labute approximate surface area is 347 Å². The Morgan fingerprint density at radius 3 is 1.45 bits per heavy atom. The molecular weight excluding hydrogens is 703 g/mol. The summed E-state index contributed by atoms with van der Waals surface area (Å²) >= 11 is 0. The SMILES string of the molecule is CC#C[C@@H](CC(=O)O)c1ccc(OCC2=C[C@@]3(CCC2)CCC(=O)C3)cc1.CC#C[C@@H](CC(=O)[O-])c1ccc(OCC2=C[C@@]3(CCC2)CCC(=O)C3)cc1.[Na+]. The number of Topliss-reactive ketones (excluding diaryl/α,β-unsaturated/α-hetero) is 2. The van der Waals surface area contributed by atoms with Crippen molar-refractivity contribution in [1.82, 2.24) is 0 Å². The molecule has 55 heavy (non-hydrogen) atoms. The number of carboxylic acids is 2. The van der Waals surface area contributed by atoms with Crippen molar-refractivity contribution >= 4 is 23.5 Å². The third kappa shape index (κ3) is 13.0. The average Bonchev–Trinajstić information content (AvgIpc) is 3.69. The van der Waals surface area contributed by atoms with Crippen LogP contribution in [0.15, 0.2) is 71.8 Å². The Morgan fingerprint density at radius 1 is 0.691 bits per heavy atom. The minimum absolute atomic E-state index is 0. The summed E-state index contributed by atoms with van der Waals surface area (Å²) in [5, 5.41) is 19.9. The maximum Gasteiger partial charge on any atom is 1.00 e. The third-order valence-electron chi connectivity index (χ3n) is 11.1. The monoisotopic (exact) mass is 754 g/mol. The molecule has 8 nitrogen and oxygen atoms in total. The van der Waals surface area contributed by atoms with Gasteiger partial charge in [-0.15, -0.1) is 11.8 Å². The van der Waals surface area contributed by atoms with E-state index in [9.17, 15) is 24.3 Å². The zero-order chi connectivity index (χ0) is 38.6.